The smallest absolute Gasteiger partial charge is 0.234 e. The van der Waals surface area contributed by atoms with Gasteiger partial charge in [0.15, 0.2) is 5.13 Å². The predicted octanol–water partition coefficient (Wildman–Crippen LogP) is 2.92. The van der Waals surface area contributed by atoms with E-state index in [4.69, 9.17) is 0 Å². The number of anilines is 2. The number of thiazole rings is 1. The minimum Gasteiger partial charge on any atom is -0.316 e. The summed E-state index contributed by atoms with van der Waals surface area (Å²) in [6, 6.07) is 9.29. The standard InChI is InChI=1S/C14H17N3O3S2/c1-3-9-22(19,20)17-14-16-12(11-7-5-4-6-8-11)13(21-14)15-10(2)18/h4-8H,3,9H2,1-2H3,(H,15,18)(H,16,17). The van der Waals surface area contributed by atoms with Crippen LogP contribution in [0.1, 0.15) is 20.3 Å². The maximum Gasteiger partial charge on any atom is 0.234 e. The third kappa shape index (κ3) is 4.28. The molecule has 1 amide bonds. The fourth-order valence-electron chi connectivity index (χ4n) is 1.85. The van der Waals surface area contributed by atoms with Gasteiger partial charge in [-0.3, -0.25) is 9.52 Å². The molecular weight excluding hydrogens is 322 g/mol. The van der Waals surface area contributed by atoms with Crippen LogP contribution in [-0.4, -0.2) is 25.1 Å². The van der Waals surface area contributed by atoms with Crippen LogP contribution in [0.3, 0.4) is 0 Å². The molecule has 0 spiro atoms. The SMILES string of the molecule is CCCS(=O)(=O)Nc1nc(-c2ccccc2)c(NC(C)=O)s1. The Morgan fingerprint density at radius 1 is 1.27 bits per heavy atom. The first-order valence-corrected chi connectivity index (χ1v) is 9.22. The average molecular weight is 339 g/mol. The lowest BCUT2D eigenvalue weighted by Crippen LogP contribution is -2.15. The zero-order valence-corrected chi connectivity index (χ0v) is 13.9. The number of aromatic nitrogens is 1. The largest absolute Gasteiger partial charge is 0.316 e. The molecule has 6 nitrogen and oxygen atoms in total. The summed E-state index contributed by atoms with van der Waals surface area (Å²) in [5.74, 6) is -0.202. The van der Waals surface area contributed by atoms with E-state index < -0.39 is 10.0 Å². The number of rotatable bonds is 6. The Morgan fingerprint density at radius 2 is 1.95 bits per heavy atom. The van der Waals surface area contributed by atoms with Crippen LogP contribution >= 0.6 is 11.3 Å². The molecule has 118 valence electrons. The van der Waals surface area contributed by atoms with Crippen LogP contribution in [0.2, 0.25) is 0 Å². The topological polar surface area (TPSA) is 88.2 Å². The molecule has 0 unspecified atom stereocenters. The first kappa shape index (κ1) is 16.4. The van der Waals surface area contributed by atoms with E-state index in [-0.39, 0.29) is 16.8 Å². The van der Waals surface area contributed by atoms with Gasteiger partial charge in [-0.1, -0.05) is 48.6 Å². The molecule has 1 aromatic heterocycles. The fourth-order valence-corrected chi connectivity index (χ4v) is 4.14. The van der Waals surface area contributed by atoms with E-state index >= 15 is 0 Å². The Kier molecular flexibility index (Phi) is 5.15. The Morgan fingerprint density at radius 3 is 2.55 bits per heavy atom. The first-order chi connectivity index (χ1) is 10.4. The van der Waals surface area contributed by atoms with Crippen LogP contribution in [0.4, 0.5) is 10.1 Å². The third-order valence-electron chi connectivity index (χ3n) is 2.68. The molecule has 0 saturated carbocycles. The molecule has 0 bridgehead atoms. The van der Waals surface area contributed by atoms with E-state index in [0.717, 1.165) is 16.9 Å². The van der Waals surface area contributed by atoms with Crippen LogP contribution in [-0.2, 0) is 14.8 Å². The number of nitrogens with zero attached hydrogens (tertiary/aromatic N) is 1. The van der Waals surface area contributed by atoms with Gasteiger partial charge in [-0.15, -0.1) is 0 Å². The van der Waals surface area contributed by atoms with Crippen molar-refractivity contribution in [3.63, 3.8) is 0 Å². The average Bonchev–Trinajstić information content (AvgIpc) is 2.80. The second kappa shape index (κ2) is 6.89. The summed E-state index contributed by atoms with van der Waals surface area (Å²) < 4.78 is 26.1. The highest BCUT2D eigenvalue weighted by molar-refractivity contribution is 7.92. The maximum absolute atomic E-state index is 11.8. The van der Waals surface area contributed by atoms with Crippen molar-refractivity contribution in [3.05, 3.63) is 30.3 Å². The molecule has 2 N–H and O–H groups in total. The summed E-state index contributed by atoms with van der Waals surface area (Å²) >= 11 is 1.10. The summed E-state index contributed by atoms with van der Waals surface area (Å²) in [6.45, 7) is 3.19. The van der Waals surface area contributed by atoms with E-state index in [2.05, 4.69) is 15.0 Å². The van der Waals surface area contributed by atoms with E-state index in [1.54, 1.807) is 6.92 Å². The Bertz CT molecular complexity index is 755. The molecule has 8 heteroatoms. The van der Waals surface area contributed by atoms with Crippen molar-refractivity contribution in [2.24, 2.45) is 0 Å². The number of amides is 1. The molecule has 0 saturated heterocycles. The highest BCUT2D eigenvalue weighted by Crippen LogP contribution is 2.36. The summed E-state index contributed by atoms with van der Waals surface area (Å²) in [4.78, 5) is 15.6. The van der Waals surface area contributed by atoms with Crippen LogP contribution < -0.4 is 10.0 Å². The van der Waals surface area contributed by atoms with Crippen LogP contribution in [0.25, 0.3) is 11.3 Å². The quantitative estimate of drug-likeness (QED) is 0.847. The normalized spacial score (nSPS) is 11.2. The number of hydrogen-bond donors (Lipinski definition) is 2. The molecule has 1 aromatic carbocycles. The lowest BCUT2D eigenvalue weighted by atomic mass is 10.2. The Hall–Kier alpha value is -1.93. The van der Waals surface area contributed by atoms with E-state index in [0.29, 0.717) is 17.1 Å². The molecule has 0 atom stereocenters. The number of carbonyl (C=O) groups is 1. The second-order valence-electron chi connectivity index (χ2n) is 4.66. The lowest BCUT2D eigenvalue weighted by molar-refractivity contribution is -0.114. The summed E-state index contributed by atoms with van der Waals surface area (Å²) in [5, 5.41) is 3.46. The second-order valence-corrected chi connectivity index (χ2v) is 7.51. The summed E-state index contributed by atoms with van der Waals surface area (Å²) in [5.41, 5.74) is 1.36. The molecule has 0 aliphatic carbocycles. The van der Waals surface area contributed by atoms with Gasteiger partial charge in [-0.2, -0.15) is 0 Å². The molecular formula is C14H17N3O3S2. The van der Waals surface area contributed by atoms with Crippen molar-refractivity contribution >= 4 is 37.4 Å². The molecule has 0 aliphatic rings. The molecule has 1 heterocycles. The summed E-state index contributed by atoms with van der Waals surface area (Å²) in [7, 11) is -3.41. The van der Waals surface area contributed by atoms with Crippen molar-refractivity contribution in [1.82, 2.24) is 4.98 Å². The Labute approximate surface area is 133 Å². The van der Waals surface area contributed by atoms with Crippen molar-refractivity contribution in [1.29, 1.82) is 0 Å². The highest BCUT2D eigenvalue weighted by Gasteiger charge is 2.17. The zero-order chi connectivity index (χ0) is 16.2. The number of hydrogen-bond acceptors (Lipinski definition) is 5. The fraction of sp³-hybridized carbons (Fsp3) is 0.286. The van der Waals surface area contributed by atoms with Gasteiger partial charge < -0.3 is 5.32 Å². The number of benzene rings is 1. The van der Waals surface area contributed by atoms with Gasteiger partial charge in [-0.05, 0) is 6.42 Å². The molecule has 0 radical (unpaired) electrons. The van der Waals surface area contributed by atoms with E-state index in [1.807, 2.05) is 30.3 Å². The minimum absolute atomic E-state index is 0.0305. The number of carbonyl (C=O) groups excluding carboxylic acids is 1. The van der Waals surface area contributed by atoms with Crippen molar-refractivity contribution in [3.8, 4) is 11.3 Å². The third-order valence-corrected chi connectivity index (χ3v) is 5.15. The number of sulfonamides is 1. The predicted molar refractivity (Wildman–Crippen MR) is 89.6 cm³/mol. The van der Waals surface area contributed by atoms with E-state index in [1.165, 1.54) is 6.92 Å². The molecule has 0 fully saturated rings. The maximum atomic E-state index is 11.8. The van der Waals surface area contributed by atoms with Gasteiger partial charge in [0.05, 0.1) is 5.75 Å². The van der Waals surface area contributed by atoms with Crippen molar-refractivity contribution in [2.45, 2.75) is 20.3 Å². The Balaban J connectivity index is 2.38. The molecule has 2 aromatic rings. The van der Waals surface area contributed by atoms with Gasteiger partial charge in [-0.25, -0.2) is 13.4 Å². The summed E-state index contributed by atoms with van der Waals surface area (Å²) in [6.07, 6.45) is 0.519. The van der Waals surface area contributed by atoms with Crippen molar-refractivity contribution in [2.75, 3.05) is 15.8 Å². The van der Waals surface area contributed by atoms with Gasteiger partial charge in [0.25, 0.3) is 0 Å². The number of nitrogens with one attached hydrogen (secondary N) is 2. The van der Waals surface area contributed by atoms with Crippen LogP contribution in [0.15, 0.2) is 30.3 Å². The van der Waals surface area contributed by atoms with Crippen molar-refractivity contribution < 1.29 is 13.2 Å². The molecule has 22 heavy (non-hydrogen) atoms. The van der Waals surface area contributed by atoms with Crippen LogP contribution in [0, 0.1) is 0 Å². The van der Waals surface area contributed by atoms with Gasteiger partial charge >= 0.3 is 0 Å². The van der Waals surface area contributed by atoms with Gasteiger partial charge in [0.1, 0.15) is 10.7 Å². The van der Waals surface area contributed by atoms with Crippen LogP contribution in [0.5, 0.6) is 0 Å². The molecule has 0 aliphatic heterocycles. The monoisotopic (exact) mass is 339 g/mol. The lowest BCUT2D eigenvalue weighted by Gasteiger charge is -2.02. The highest BCUT2D eigenvalue weighted by atomic mass is 32.2. The van der Waals surface area contributed by atoms with Gasteiger partial charge in [0.2, 0.25) is 15.9 Å². The zero-order valence-electron chi connectivity index (χ0n) is 12.3. The van der Waals surface area contributed by atoms with Gasteiger partial charge in [0, 0.05) is 12.5 Å². The first-order valence-electron chi connectivity index (χ1n) is 6.75. The van der Waals surface area contributed by atoms with E-state index in [9.17, 15) is 13.2 Å². The molecule has 2 rings (SSSR count). The minimum atomic E-state index is -3.41.